The van der Waals surface area contributed by atoms with E-state index >= 15 is 0 Å². The fourth-order valence-electron chi connectivity index (χ4n) is 3.35. The number of hydrogen-bond acceptors (Lipinski definition) is 6. The summed E-state index contributed by atoms with van der Waals surface area (Å²) in [4.78, 5) is 26.3. The van der Waals surface area contributed by atoms with Gasteiger partial charge in [-0.25, -0.2) is 5.43 Å². The van der Waals surface area contributed by atoms with E-state index in [1.165, 1.54) is 6.21 Å². The van der Waals surface area contributed by atoms with Gasteiger partial charge in [0.1, 0.15) is 0 Å². The molecule has 32 heavy (non-hydrogen) atoms. The average molecular weight is 434 g/mol. The highest BCUT2D eigenvalue weighted by molar-refractivity contribution is 5.88. The van der Waals surface area contributed by atoms with E-state index in [0.29, 0.717) is 29.2 Å². The molecule has 166 valence electrons. The van der Waals surface area contributed by atoms with E-state index in [4.69, 9.17) is 9.47 Å². The predicted molar refractivity (Wildman–Crippen MR) is 119 cm³/mol. The molecule has 0 bridgehead atoms. The second kappa shape index (κ2) is 11.5. The standard InChI is InChI=1S/C24H26N4O4/c1-2-31-22-14-18(10-11-21(22)32-17-23(29)28-12-6-7-13-28)16-26-27-24(30)20(15-25)19-8-4-3-5-9-19/h3-5,8-11,14,16,20H,2,6-7,12-13,17H2,1H3,(H,27,30)/b26-16-/t20-/m1/s1. The molecule has 2 aromatic carbocycles. The monoisotopic (exact) mass is 434 g/mol. The van der Waals surface area contributed by atoms with Crippen molar-refractivity contribution in [1.29, 1.82) is 5.26 Å². The minimum atomic E-state index is -0.948. The maximum Gasteiger partial charge on any atom is 0.261 e. The first-order valence-corrected chi connectivity index (χ1v) is 10.6. The van der Waals surface area contributed by atoms with Gasteiger partial charge < -0.3 is 14.4 Å². The van der Waals surface area contributed by atoms with Gasteiger partial charge in [0, 0.05) is 13.1 Å². The molecular weight excluding hydrogens is 408 g/mol. The molecule has 1 saturated heterocycles. The normalized spacial score (nSPS) is 14.1. The van der Waals surface area contributed by atoms with Crippen LogP contribution in [0.3, 0.4) is 0 Å². The van der Waals surface area contributed by atoms with Crippen molar-refractivity contribution < 1.29 is 19.1 Å². The summed E-state index contributed by atoms with van der Waals surface area (Å²) in [5, 5.41) is 13.3. The van der Waals surface area contributed by atoms with Crippen molar-refractivity contribution in [2.24, 2.45) is 5.10 Å². The number of nitriles is 1. The number of benzene rings is 2. The molecule has 3 rings (SSSR count). The molecule has 0 spiro atoms. The van der Waals surface area contributed by atoms with Crippen molar-refractivity contribution in [3.8, 4) is 17.6 Å². The minimum absolute atomic E-state index is 0.0382. The maximum atomic E-state index is 12.3. The zero-order chi connectivity index (χ0) is 22.8. The summed E-state index contributed by atoms with van der Waals surface area (Å²) in [5.74, 6) is -0.550. The maximum absolute atomic E-state index is 12.3. The number of hydrazone groups is 1. The van der Waals surface area contributed by atoms with Crippen LogP contribution >= 0.6 is 0 Å². The first-order chi connectivity index (χ1) is 15.6. The molecule has 2 amide bonds. The van der Waals surface area contributed by atoms with E-state index < -0.39 is 11.8 Å². The molecule has 0 unspecified atom stereocenters. The van der Waals surface area contributed by atoms with Crippen LogP contribution in [0.25, 0.3) is 0 Å². The van der Waals surface area contributed by atoms with Gasteiger partial charge in [0.2, 0.25) is 0 Å². The molecule has 1 N–H and O–H groups in total. The second-order valence-electron chi connectivity index (χ2n) is 7.22. The Morgan fingerprint density at radius 3 is 2.59 bits per heavy atom. The van der Waals surface area contributed by atoms with Crippen LogP contribution in [0, 0.1) is 11.3 Å². The van der Waals surface area contributed by atoms with E-state index in [0.717, 1.165) is 25.9 Å². The third-order valence-corrected chi connectivity index (χ3v) is 4.99. The number of rotatable bonds is 9. The second-order valence-corrected chi connectivity index (χ2v) is 7.22. The number of carbonyl (C=O) groups excluding carboxylic acids is 2. The summed E-state index contributed by atoms with van der Waals surface area (Å²) in [6.45, 7) is 3.79. The third-order valence-electron chi connectivity index (χ3n) is 4.99. The van der Waals surface area contributed by atoms with E-state index in [1.54, 1.807) is 47.4 Å². The van der Waals surface area contributed by atoms with E-state index in [2.05, 4.69) is 10.5 Å². The first-order valence-electron chi connectivity index (χ1n) is 10.6. The highest BCUT2D eigenvalue weighted by atomic mass is 16.5. The van der Waals surface area contributed by atoms with Crippen LogP contribution in [0.15, 0.2) is 53.6 Å². The fourth-order valence-corrected chi connectivity index (χ4v) is 3.35. The molecule has 0 aliphatic carbocycles. The van der Waals surface area contributed by atoms with Crippen LogP contribution in [0.5, 0.6) is 11.5 Å². The number of nitrogens with zero attached hydrogens (tertiary/aromatic N) is 3. The van der Waals surface area contributed by atoms with Gasteiger partial charge >= 0.3 is 0 Å². The van der Waals surface area contributed by atoms with Crippen LogP contribution < -0.4 is 14.9 Å². The number of ether oxygens (including phenoxy) is 2. The van der Waals surface area contributed by atoms with Gasteiger partial charge in [0.25, 0.3) is 11.8 Å². The van der Waals surface area contributed by atoms with Gasteiger partial charge in [-0.15, -0.1) is 0 Å². The number of hydrogen-bond donors (Lipinski definition) is 1. The molecule has 1 aliphatic heterocycles. The number of likely N-dealkylation sites (tertiary alicyclic amines) is 1. The fraction of sp³-hybridized carbons (Fsp3) is 0.333. The van der Waals surface area contributed by atoms with Crippen LogP contribution in [0.1, 0.15) is 36.8 Å². The zero-order valence-electron chi connectivity index (χ0n) is 18.0. The van der Waals surface area contributed by atoms with Crippen LogP contribution in [-0.4, -0.2) is 49.2 Å². The van der Waals surface area contributed by atoms with Crippen LogP contribution in [0.2, 0.25) is 0 Å². The largest absolute Gasteiger partial charge is 0.490 e. The Kier molecular flexibility index (Phi) is 8.21. The molecule has 1 aliphatic rings. The van der Waals surface area contributed by atoms with Crippen molar-refractivity contribution in [2.75, 3.05) is 26.3 Å². The SMILES string of the molecule is CCOc1cc(/C=N\NC(=O)[C@H](C#N)c2ccccc2)ccc1OCC(=O)N1CCCC1. The molecule has 2 aromatic rings. The Labute approximate surface area is 187 Å². The summed E-state index contributed by atoms with van der Waals surface area (Å²) in [6.07, 6.45) is 3.51. The van der Waals surface area contributed by atoms with Gasteiger partial charge in [0.15, 0.2) is 24.0 Å². The number of carbonyl (C=O) groups is 2. The predicted octanol–water partition coefficient (Wildman–Crippen LogP) is 2.84. The first kappa shape index (κ1) is 22.8. The highest BCUT2D eigenvalue weighted by Crippen LogP contribution is 2.28. The van der Waals surface area contributed by atoms with Crippen molar-refractivity contribution in [2.45, 2.75) is 25.7 Å². The lowest BCUT2D eigenvalue weighted by molar-refractivity contribution is -0.132. The molecule has 1 fully saturated rings. The molecule has 0 aromatic heterocycles. The Hall–Kier alpha value is -3.86. The van der Waals surface area contributed by atoms with Crippen LogP contribution in [0.4, 0.5) is 0 Å². The van der Waals surface area contributed by atoms with E-state index in [-0.39, 0.29) is 12.5 Å². The van der Waals surface area contributed by atoms with Gasteiger partial charge in [-0.2, -0.15) is 10.4 Å². The lowest BCUT2D eigenvalue weighted by Crippen LogP contribution is -2.32. The lowest BCUT2D eigenvalue weighted by Gasteiger charge is -2.17. The van der Waals surface area contributed by atoms with E-state index in [1.807, 2.05) is 19.1 Å². The van der Waals surface area contributed by atoms with Gasteiger partial charge in [-0.1, -0.05) is 30.3 Å². The van der Waals surface area contributed by atoms with Gasteiger partial charge in [-0.05, 0) is 49.1 Å². The minimum Gasteiger partial charge on any atom is -0.490 e. The molecule has 1 heterocycles. The Bertz CT molecular complexity index is 995. The average Bonchev–Trinajstić information content (AvgIpc) is 3.35. The Morgan fingerprint density at radius 1 is 1.16 bits per heavy atom. The van der Waals surface area contributed by atoms with Crippen molar-refractivity contribution in [3.05, 3.63) is 59.7 Å². The van der Waals surface area contributed by atoms with Crippen molar-refractivity contribution in [3.63, 3.8) is 0 Å². The molecule has 1 atom stereocenters. The lowest BCUT2D eigenvalue weighted by atomic mass is 10.0. The van der Waals surface area contributed by atoms with Gasteiger partial charge in [0.05, 0.1) is 18.9 Å². The summed E-state index contributed by atoms with van der Waals surface area (Å²) >= 11 is 0. The topological polar surface area (TPSA) is 104 Å². The smallest absolute Gasteiger partial charge is 0.261 e. The zero-order valence-corrected chi connectivity index (χ0v) is 18.0. The summed E-state index contributed by atoms with van der Waals surface area (Å²) in [6, 6.07) is 16.0. The van der Waals surface area contributed by atoms with Crippen LogP contribution in [-0.2, 0) is 9.59 Å². The summed E-state index contributed by atoms with van der Waals surface area (Å²) in [5.41, 5.74) is 3.67. The molecule has 0 saturated carbocycles. The number of nitrogens with one attached hydrogen (secondary N) is 1. The number of amides is 2. The van der Waals surface area contributed by atoms with Crippen molar-refractivity contribution in [1.82, 2.24) is 10.3 Å². The summed E-state index contributed by atoms with van der Waals surface area (Å²) < 4.78 is 11.3. The summed E-state index contributed by atoms with van der Waals surface area (Å²) in [7, 11) is 0. The molecule has 8 heteroatoms. The van der Waals surface area contributed by atoms with Crippen molar-refractivity contribution >= 4 is 18.0 Å². The van der Waals surface area contributed by atoms with Gasteiger partial charge in [-0.3, -0.25) is 9.59 Å². The molecule has 0 radical (unpaired) electrons. The van der Waals surface area contributed by atoms with E-state index in [9.17, 15) is 14.9 Å². The Morgan fingerprint density at radius 2 is 1.91 bits per heavy atom. The highest BCUT2D eigenvalue weighted by Gasteiger charge is 2.20. The molecular formula is C24H26N4O4. The quantitative estimate of drug-likeness (QED) is 0.483. The Balaban J connectivity index is 1.61. The molecule has 8 nitrogen and oxygen atoms in total. The third kappa shape index (κ3) is 6.08.